The summed E-state index contributed by atoms with van der Waals surface area (Å²) < 4.78 is 16.2. The van der Waals surface area contributed by atoms with E-state index in [2.05, 4.69) is 0 Å². The van der Waals surface area contributed by atoms with Crippen LogP contribution in [0.1, 0.15) is 29.8 Å². The zero-order valence-electron chi connectivity index (χ0n) is 13.5. The number of rotatable bonds is 6. The molecule has 122 valence electrons. The van der Waals surface area contributed by atoms with Gasteiger partial charge in [-0.3, -0.25) is 0 Å². The van der Waals surface area contributed by atoms with Crippen molar-refractivity contribution in [3.05, 3.63) is 53.6 Å². The molecule has 2 rings (SSSR count). The monoisotopic (exact) mass is 315 g/mol. The van der Waals surface area contributed by atoms with Crippen LogP contribution in [0.3, 0.4) is 0 Å². The highest BCUT2D eigenvalue weighted by atomic mass is 16.5. The van der Waals surface area contributed by atoms with E-state index in [1.165, 1.54) is 7.11 Å². The molecule has 5 heteroatoms. The van der Waals surface area contributed by atoms with Gasteiger partial charge in [-0.15, -0.1) is 0 Å². The van der Waals surface area contributed by atoms with Crippen molar-refractivity contribution in [1.82, 2.24) is 0 Å². The molecule has 0 spiro atoms. The fourth-order valence-electron chi connectivity index (χ4n) is 2.04. The van der Waals surface area contributed by atoms with Crippen LogP contribution in [0.2, 0.25) is 0 Å². The third-order valence-corrected chi connectivity index (χ3v) is 3.07. The molecule has 0 aromatic heterocycles. The molecule has 0 fully saturated rings. The first-order valence-electron chi connectivity index (χ1n) is 7.38. The van der Waals surface area contributed by atoms with Crippen LogP contribution in [0.15, 0.2) is 42.5 Å². The second-order valence-corrected chi connectivity index (χ2v) is 5.30. The molecule has 0 saturated carbocycles. The fourth-order valence-corrected chi connectivity index (χ4v) is 2.04. The van der Waals surface area contributed by atoms with Crippen LogP contribution < -0.4 is 15.2 Å². The van der Waals surface area contributed by atoms with Crippen molar-refractivity contribution in [2.45, 2.75) is 26.5 Å². The van der Waals surface area contributed by atoms with E-state index in [0.29, 0.717) is 29.4 Å². The molecule has 0 amide bonds. The molecular formula is C18H21NO4. The Morgan fingerprint density at radius 2 is 1.70 bits per heavy atom. The first-order valence-corrected chi connectivity index (χ1v) is 7.38. The Hall–Kier alpha value is -2.53. The van der Waals surface area contributed by atoms with E-state index in [1.807, 2.05) is 38.1 Å². The highest BCUT2D eigenvalue weighted by molar-refractivity contribution is 5.90. The Kier molecular flexibility index (Phi) is 5.60. The lowest BCUT2D eigenvalue weighted by molar-refractivity contribution is 0.0599. The second-order valence-electron chi connectivity index (χ2n) is 5.30. The van der Waals surface area contributed by atoms with Crippen LogP contribution in [0.5, 0.6) is 17.2 Å². The van der Waals surface area contributed by atoms with Crippen molar-refractivity contribution in [3.8, 4) is 17.2 Å². The number of ether oxygens (including phenoxy) is 3. The van der Waals surface area contributed by atoms with Crippen molar-refractivity contribution in [2.24, 2.45) is 5.73 Å². The van der Waals surface area contributed by atoms with Gasteiger partial charge in [0.2, 0.25) is 0 Å². The van der Waals surface area contributed by atoms with Crippen molar-refractivity contribution in [2.75, 3.05) is 7.11 Å². The first kappa shape index (κ1) is 16.8. The van der Waals surface area contributed by atoms with Crippen molar-refractivity contribution < 1.29 is 19.0 Å². The van der Waals surface area contributed by atoms with Crippen LogP contribution in [-0.4, -0.2) is 19.2 Å². The topological polar surface area (TPSA) is 70.8 Å². The Morgan fingerprint density at radius 3 is 2.26 bits per heavy atom. The summed E-state index contributed by atoms with van der Waals surface area (Å²) in [6.07, 6.45) is -0.0143. The maximum absolute atomic E-state index is 11.8. The summed E-state index contributed by atoms with van der Waals surface area (Å²) in [6.45, 7) is 4.30. The molecule has 2 aromatic carbocycles. The summed E-state index contributed by atoms with van der Waals surface area (Å²) in [6, 6.07) is 12.4. The summed E-state index contributed by atoms with van der Waals surface area (Å²) in [5.41, 5.74) is 6.97. The molecule has 5 nitrogen and oxygen atoms in total. The van der Waals surface area contributed by atoms with Gasteiger partial charge in [-0.25, -0.2) is 4.79 Å². The predicted molar refractivity (Wildman–Crippen MR) is 88.0 cm³/mol. The maximum atomic E-state index is 11.8. The molecule has 0 radical (unpaired) electrons. The minimum atomic E-state index is -0.442. The Bertz CT molecular complexity index is 665. The molecule has 0 atom stereocenters. The van der Waals surface area contributed by atoms with E-state index < -0.39 is 5.97 Å². The summed E-state index contributed by atoms with van der Waals surface area (Å²) in [4.78, 5) is 11.8. The minimum absolute atomic E-state index is 0.0143. The van der Waals surface area contributed by atoms with Gasteiger partial charge in [0, 0.05) is 12.6 Å². The Labute approximate surface area is 136 Å². The third-order valence-electron chi connectivity index (χ3n) is 3.07. The van der Waals surface area contributed by atoms with Crippen LogP contribution in [-0.2, 0) is 11.3 Å². The number of carbonyl (C=O) groups is 1. The number of carbonyl (C=O) groups excluding carboxylic acids is 1. The van der Waals surface area contributed by atoms with Gasteiger partial charge in [0.05, 0.1) is 18.8 Å². The molecule has 0 aliphatic heterocycles. The third kappa shape index (κ3) is 4.72. The second kappa shape index (κ2) is 7.65. The Balaban J connectivity index is 2.29. The number of methoxy groups -OCH3 is 1. The van der Waals surface area contributed by atoms with Gasteiger partial charge in [0.1, 0.15) is 17.2 Å². The van der Waals surface area contributed by atoms with Gasteiger partial charge in [0.15, 0.2) is 0 Å². The molecule has 2 N–H and O–H groups in total. The number of benzene rings is 2. The lowest BCUT2D eigenvalue weighted by Crippen LogP contribution is -2.07. The number of nitrogens with two attached hydrogens (primary N) is 1. The normalized spacial score (nSPS) is 10.5. The standard InChI is InChI=1S/C18H21NO4/c1-12(2)22-16-8-14(18(20)21-3)9-17(10-16)23-15-6-4-13(11-19)5-7-15/h4-10,12H,11,19H2,1-3H3. The van der Waals surface area contributed by atoms with E-state index >= 15 is 0 Å². The van der Waals surface area contributed by atoms with E-state index in [0.717, 1.165) is 5.56 Å². The van der Waals surface area contributed by atoms with Gasteiger partial charge in [-0.05, 0) is 43.7 Å². The van der Waals surface area contributed by atoms with Crippen LogP contribution in [0, 0.1) is 0 Å². The molecule has 0 unspecified atom stereocenters. The average Bonchev–Trinajstić information content (AvgIpc) is 2.54. The van der Waals surface area contributed by atoms with Crippen molar-refractivity contribution in [3.63, 3.8) is 0 Å². The zero-order valence-corrected chi connectivity index (χ0v) is 13.5. The van der Waals surface area contributed by atoms with Gasteiger partial charge < -0.3 is 19.9 Å². The van der Waals surface area contributed by atoms with E-state index in [4.69, 9.17) is 19.9 Å². The minimum Gasteiger partial charge on any atom is -0.491 e. The van der Waals surface area contributed by atoms with E-state index in [-0.39, 0.29) is 6.10 Å². The fraction of sp³-hybridized carbons (Fsp3) is 0.278. The van der Waals surface area contributed by atoms with Gasteiger partial charge in [-0.2, -0.15) is 0 Å². The molecule has 0 aliphatic rings. The largest absolute Gasteiger partial charge is 0.491 e. The van der Waals surface area contributed by atoms with Gasteiger partial charge in [0.25, 0.3) is 0 Å². The SMILES string of the molecule is COC(=O)c1cc(Oc2ccc(CN)cc2)cc(OC(C)C)c1. The number of hydrogen-bond donors (Lipinski definition) is 1. The summed E-state index contributed by atoms with van der Waals surface area (Å²) in [7, 11) is 1.34. The highest BCUT2D eigenvalue weighted by Crippen LogP contribution is 2.28. The van der Waals surface area contributed by atoms with Crippen molar-refractivity contribution >= 4 is 5.97 Å². The van der Waals surface area contributed by atoms with Crippen LogP contribution in [0.25, 0.3) is 0 Å². The summed E-state index contributed by atoms with van der Waals surface area (Å²) >= 11 is 0. The highest BCUT2D eigenvalue weighted by Gasteiger charge is 2.12. The number of hydrogen-bond acceptors (Lipinski definition) is 5. The lowest BCUT2D eigenvalue weighted by atomic mass is 10.2. The predicted octanol–water partition coefficient (Wildman–Crippen LogP) is 3.51. The molecule has 0 heterocycles. The summed E-state index contributed by atoms with van der Waals surface area (Å²) in [5.74, 6) is 1.27. The first-order chi connectivity index (χ1) is 11.0. The smallest absolute Gasteiger partial charge is 0.338 e. The summed E-state index contributed by atoms with van der Waals surface area (Å²) in [5, 5.41) is 0. The molecular weight excluding hydrogens is 294 g/mol. The number of esters is 1. The van der Waals surface area contributed by atoms with E-state index in [1.54, 1.807) is 18.2 Å². The molecule has 23 heavy (non-hydrogen) atoms. The lowest BCUT2D eigenvalue weighted by Gasteiger charge is -2.13. The molecule has 0 aliphatic carbocycles. The van der Waals surface area contributed by atoms with E-state index in [9.17, 15) is 4.79 Å². The zero-order chi connectivity index (χ0) is 16.8. The molecule has 2 aromatic rings. The van der Waals surface area contributed by atoms with Gasteiger partial charge in [-0.1, -0.05) is 12.1 Å². The van der Waals surface area contributed by atoms with Crippen LogP contribution >= 0.6 is 0 Å². The quantitative estimate of drug-likeness (QED) is 0.826. The van der Waals surface area contributed by atoms with Crippen LogP contribution in [0.4, 0.5) is 0 Å². The van der Waals surface area contributed by atoms with Crippen molar-refractivity contribution in [1.29, 1.82) is 0 Å². The molecule has 0 saturated heterocycles. The average molecular weight is 315 g/mol. The molecule has 0 bridgehead atoms. The van der Waals surface area contributed by atoms with Gasteiger partial charge >= 0.3 is 5.97 Å². The maximum Gasteiger partial charge on any atom is 0.338 e. The Morgan fingerprint density at radius 1 is 1.04 bits per heavy atom.